The fraction of sp³-hybridized carbons (Fsp3) is 0.818. The zero-order valence-electron chi connectivity index (χ0n) is 9.92. The molecule has 0 aliphatic carbocycles. The van der Waals surface area contributed by atoms with Gasteiger partial charge in [-0.15, -0.1) is 5.10 Å². The Kier molecular flexibility index (Phi) is 5.79. The molecule has 0 amide bonds. The molecule has 0 aliphatic rings. The number of hydrogen-bond donors (Lipinski definition) is 1. The molecule has 4 heteroatoms. The molecular formula is C11H21N3S. The first-order chi connectivity index (χ1) is 7.33. The first kappa shape index (κ1) is 12.6. The number of hydrogen-bond acceptors (Lipinski definition) is 4. The molecule has 0 spiro atoms. The first-order valence-electron chi connectivity index (χ1n) is 5.87. The summed E-state index contributed by atoms with van der Waals surface area (Å²) in [6, 6.07) is 0.460. The van der Waals surface area contributed by atoms with E-state index < -0.39 is 0 Å². The summed E-state index contributed by atoms with van der Waals surface area (Å²) >= 11 is 1.55. The van der Waals surface area contributed by atoms with E-state index in [4.69, 9.17) is 0 Å². The monoisotopic (exact) mass is 227 g/mol. The third-order valence-corrected chi connectivity index (χ3v) is 3.30. The highest BCUT2D eigenvalue weighted by molar-refractivity contribution is 7.05. The van der Waals surface area contributed by atoms with Gasteiger partial charge in [-0.05, 0) is 30.9 Å². The van der Waals surface area contributed by atoms with E-state index in [1.165, 1.54) is 23.4 Å². The molecule has 0 saturated heterocycles. The van der Waals surface area contributed by atoms with Crippen LogP contribution in [0.5, 0.6) is 0 Å². The summed E-state index contributed by atoms with van der Waals surface area (Å²) in [7, 11) is 0. The van der Waals surface area contributed by atoms with Crippen LogP contribution in [0.4, 0.5) is 0 Å². The molecule has 0 saturated carbocycles. The van der Waals surface area contributed by atoms with Gasteiger partial charge < -0.3 is 5.32 Å². The van der Waals surface area contributed by atoms with E-state index >= 15 is 0 Å². The summed E-state index contributed by atoms with van der Waals surface area (Å²) in [5, 5.41) is 7.74. The molecule has 86 valence electrons. The van der Waals surface area contributed by atoms with Crippen molar-refractivity contribution in [2.45, 2.75) is 52.5 Å². The summed E-state index contributed by atoms with van der Waals surface area (Å²) in [4.78, 5) is 1.35. The second kappa shape index (κ2) is 6.90. The van der Waals surface area contributed by atoms with Gasteiger partial charge in [-0.2, -0.15) is 0 Å². The molecule has 0 radical (unpaired) electrons. The van der Waals surface area contributed by atoms with Gasteiger partial charge in [-0.3, -0.25) is 0 Å². The van der Waals surface area contributed by atoms with Crippen molar-refractivity contribution < 1.29 is 0 Å². The van der Waals surface area contributed by atoms with Crippen LogP contribution in [0.1, 0.15) is 56.6 Å². The Labute approximate surface area is 96.5 Å². The molecule has 1 heterocycles. The van der Waals surface area contributed by atoms with Gasteiger partial charge in [0.25, 0.3) is 0 Å². The molecule has 1 atom stereocenters. The molecular weight excluding hydrogens is 206 g/mol. The fourth-order valence-corrected chi connectivity index (χ4v) is 2.56. The van der Waals surface area contributed by atoms with E-state index in [1.54, 1.807) is 11.5 Å². The molecule has 3 nitrogen and oxygen atoms in total. The Morgan fingerprint density at radius 3 is 2.67 bits per heavy atom. The topological polar surface area (TPSA) is 37.8 Å². The normalized spacial score (nSPS) is 13.0. The van der Waals surface area contributed by atoms with Crippen LogP contribution in [0.3, 0.4) is 0 Å². The standard InChI is InChI=1S/C11H21N3S/c1-4-7-9(12-6-3)11-10(8-5-2)13-14-15-11/h9,12H,4-8H2,1-3H3. The zero-order chi connectivity index (χ0) is 11.1. The van der Waals surface area contributed by atoms with Crippen LogP contribution >= 0.6 is 11.5 Å². The van der Waals surface area contributed by atoms with Crippen molar-refractivity contribution in [3.63, 3.8) is 0 Å². The summed E-state index contributed by atoms with van der Waals surface area (Å²) in [6.07, 6.45) is 4.57. The summed E-state index contributed by atoms with van der Waals surface area (Å²) in [6.45, 7) is 7.56. The second-order valence-electron chi connectivity index (χ2n) is 3.73. The van der Waals surface area contributed by atoms with E-state index in [2.05, 4.69) is 35.7 Å². The van der Waals surface area contributed by atoms with Crippen LogP contribution in [0.2, 0.25) is 0 Å². The fourth-order valence-electron chi connectivity index (χ4n) is 1.75. The maximum atomic E-state index is 4.22. The van der Waals surface area contributed by atoms with Gasteiger partial charge in [0.15, 0.2) is 0 Å². The maximum absolute atomic E-state index is 4.22. The van der Waals surface area contributed by atoms with Crippen LogP contribution in [0.25, 0.3) is 0 Å². The Morgan fingerprint density at radius 1 is 1.27 bits per heavy atom. The maximum Gasteiger partial charge on any atom is 0.0803 e. The average Bonchev–Trinajstić information content (AvgIpc) is 2.66. The molecule has 0 fully saturated rings. The van der Waals surface area contributed by atoms with Crippen molar-refractivity contribution in [3.05, 3.63) is 10.6 Å². The van der Waals surface area contributed by atoms with Gasteiger partial charge in [-0.1, -0.05) is 38.1 Å². The molecule has 0 aliphatic heterocycles. The number of aromatic nitrogens is 2. The van der Waals surface area contributed by atoms with E-state index in [9.17, 15) is 0 Å². The van der Waals surface area contributed by atoms with Gasteiger partial charge in [-0.25, -0.2) is 0 Å². The molecule has 1 unspecified atom stereocenters. The molecule has 1 aromatic heterocycles. The van der Waals surface area contributed by atoms with E-state index in [0.29, 0.717) is 6.04 Å². The van der Waals surface area contributed by atoms with E-state index in [-0.39, 0.29) is 0 Å². The zero-order valence-corrected chi connectivity index (χ0v) is 10.7. The third kappa shape index (κ3) is 3.54. The van der Waals surface area contributed by atoms with Crippen molar-refractivity contribution in [1.82, 2.24) is 14.9 Å². The number of aryl methyl sites for hydroxylation is 1. The van der Waals surface area contributed by atoms with Crippen LogP contribution in [0.15, 0.2) is 0 Å². The molecule has 0 bridgehead atoms. The molecule has 0 aromatic carbocycles. The number of rotatable bonds is 7. The van der Waals surface area contributed by atoms with Gasteiger partial charge in [0.1, 0.15) is 0 Å². The van der Waals surface area contributed by atoms with Crippen LogP contribution in [-0.4, -0.2) is 16.1 Å². The minimum Gasteiger partial charge on any atom is -0.309 e. The predicted octanol–water partition coefficient (Wildman–Crippen LogP) is 2.94. The minimum absolute atomic E-state index is 0.460. The molecule has 1 N–H and O–H groups in total. The van der Waals surface area contributed by atoms with Gasteiger partial charge in [0.2, 0.25) is 0 Å². The highest BCUT2D eigenvalue weighted by atomic mass is 32.1. The van der Waals surface area contributed by atoms with Crippen LogP contribution in [-0.2, 0) is 6.42 Å². The Morgan fingerprint density at radius 2 is 2.07 bits per heavy atom. The lowest BCUT2D eigenvalue weighted by atomic mass is 10.1. The van der Waals surface area contributed by atoms with E-state index in [1.807, 2.05) is 0 Å². The lowest BCUT2D eigenvalue weighted by Gasteiger charge is -2.15. The summed E-state index contributed by atoms with van der Waals surface area (Å²) in [5.41, 5.74) is 1.20. The average molecular weight is 227 g/mol. The second-order valence-corrected chi connectivity index (χ2v) is 4.52. The summed E-state index contributed by atoms with van der Waals surface area (Å²) in [5.74, 6) is 0. The highest BCUT2D eigenvalue weighted by Crippen LogP contribution is 2.25. The van der Waals surface area contributed by atoms with Crippen molar-refractivity contribution >= 4 is 11.5 Å². The van der Waals surface area contributed by atoms with Gasteiger partial charge >= 0.3 is 0 Å². The van der Waals surface area contributed by atoms with Crippen molar-refractivity contribution in [2.75, 3.05) is 6.54 Å². The van der Waals surface area contributed by atoms with Crippen LogP contribution in [0, 0.1) is 0 Å². The molecule has 1 aromatic rings. The lowest BCUT2D eigenvalue weighted by molar-refractivity contribution is 0.511. The third-order valence-electron chi connectivity index (χ3n) is 2.42. The van der Waals surface area contributed by atoms with Crippen molar-refractivity contribution in [1.29, 1.82) is 0 Å². The minimum atomic E-state index is 0.460. The van der Waals surface area contributed by atoms with Gasteiger partial charge in [0.05, 0.1) is 10.6 Å². The van der Waals surface area contributed by atoms with Crippen molar-refractivity contribution in [2.24, 2.45) is 0 Å². The molecule has 1 rings (SSSR count). The SMILES string of the molecule is CCCc1nnsc1C(CCC)NCC. The highest BCUT2D eigenvalue weighted by Gasteiger charge is 2.16. The van der Waals surface area contributed by atoms with Crippen LogP contribution < -0.4 is 5.32 Å². The predicted molar refractivity (Wildman–Crippen MR) is 65.2 cm³/mol. The lowest BCUT2D eigenvalue weighted by Crippen LogP contribution is -2.20. The number of nitrogens with one attached hydrogen (secondary N) is 1. The molecule has 15 heavy (non-hydrogen) atoms. The number of nitrogens with zero attached hydrogens (tertiary/aromatic N) is 2. The quantitative estimate of drug-likeness (QED) is 0.778. The Hall–Kier alpha value is -0.480. The van der Waals surface area contributed by atoms with Crippen molar-refractivity contribution in [3.8, 4) is 0 Å². The van der Waals surface area contributed by atoms with Gasteiger partial charge in [0, 0.05) is 6.04 Å². The smallest absolute Gasteiger partial charge is 0.0803 e. The largest absolute Gasteiger partial charge is 0.309 e. The summed E-state index contributed by atoms with van der Waals surface area (Å²) < 4.78 is 4.08. The van der Waals surface area contributed by atoms with E-state index in [0.717, 1.165) is 19.4 Å². The Balaban J connectivity index is 2.74. The first-order valence-corrected chi connectivity index (χ1v) is 6.65. The Bertz CT molecular complexity index is 267.